The fourth-order valence-corrected chi connectivity index (χ4v) is 6.03. The number of thiophene rings is 1. The summed E-state index contributed by atoms with van der Waals surface area (Å²) in [6.45, 7) is 2.03. The van der Waals surface area contributed by atoms with E-state index < -0.39 is 11.6 Å². The second-order valence-corrected chi connectivity index (χ2v) is 10.6. The Hall–Kier alpha value is -3.14. The number of aromatic nitrogens is 3. The van der Waals surface area contributed by atoms with Gasteiger partial charge in [-0.15, -0.1) is 22.7 Å². The molecule has 1 aliphatic rings. The van der Waals surface area contributed by atoms with Gasteiger partial charge in [-0.3, -0.25) is 4.79 Å². The highest BCUT2D eigenvalue weighted by Crippen LogP contribution is 2.43. The third-order valence-electron chi connectivity index (χ3n) is 6.11. The Morgan fingerprint density at radius 2 is 1.97 bits per heavy atom. The average Bonchev–Trinajstić information content (AvgIpc) is 3.52. The molecule has 1 fully saturated rings. The number of carboxylic acids is 1. The number of hydrogen-bond acceptors (Lipinski definition) is 8. The first-order chi connectivity index (χ1) is 16.4. The van der Waals surface area contributed by atoms with Crippen LogP contribution in [0, 0.1) is 12.8 Å². The van der Waals surface area contributed by atoms with Crippen LogP contribution < -0.4 is 5.32 Å². The van der Waals surface area contributed by atoms with E-state index in [1.807, 2.05) is 42.6 Å². The third-order valence-corrected chi connectivity index (χ3v) is 8.25. The number of thiazole rings is 1. The van der Waals surface area contributed by atoms with Crippen LogP contribution >= 0.6 is 22.7 Å². The summed E-state index contributed by atoms with van der Waals surface area (Å²) >= 11 is 3.09. The second kappa shape index (κ2) is 9.25. The molecule has 34 heavy (non-hydrogen) atoms. The van der Waals surface area contributed by atoms with Crippen LogP contribution in [0.4, 0.5) is 11.6 Å². The number of anilines is 2. The number of hydrogen-bond donors (Lipinski definition) is 3. The number of rotatable bonds is 6. The molecule has 0 radical (unpaired) electrons. The molecule has 0 aliphatic heterocycles. The molecule has 1 aliphatic carbocycles. The van der Waals surface area contributed by atoms with Gasteiger partial charge in [-0.05, 0) is 73.4 Å². The SMILES string of the molecule is Cc1cc(Nc2nccc(-c3cccs3)n2)cc(-c2cnc([C@]3(O)CC[C@H](C(=O)O)CC3)s2)c1. The van der Waals surface area contributed by atoms with Crippen LogP contribution in [0.5, 0.6) is 0 Å². The van der Waals surface area contributed by atoms with E-state index in [2.05, 4.69) is 26.3 Å². The molecule has 0 spiro atoms. The van der Waals surface area contributed by atoms with Gasteiger partial charge in [0.05, 0.1) is 21.4 Å². The highest BCUT2D eigenvalue weighted by Gasteiger charge is 2.39. The van der Waals surface area contributed by atoms with Gasteiger partial charge in [-0.1, -0.05) is 12.1 Å². The van der Waals surface area contributed by atoms with Crippen LogP contribution in [0.15, 0.2) is 54.2 Å². The highest BCUT2D eigenvalue weighted by atomic mass is 32.1. The van der Waals surface area contributed by atoms with Crippen molar-refractivity contribution >= 4 is 40.3 Å². The molecule has 0 amide bonds. The zero-order valence-corrected chi connectivity index (χ0v) is 20.2. The Bertz CT molecular complexity index is 1310. The molecule has 9 heteroatoms. The van der Waals surface area contributed by atoms with Crippen molar-refractivity contribution in [2.24, 2.45) is 5.92 Å². The lowest BCUT2D eigenvalue weighted by molar-refractivity contribution is -0.145. The molecule has 0 unspecified atom stereocenters. The average molecular weight is 493 g/mol. The summed E-state index contributed by atoms with van der Waals surface area (Å²) in [6, 6.07) is 12.1. The smallest absolute Gasteiger partial charge is 0.306 e. The summed E-state index contributed by atoms with van der Waals surface area (Å²) in [6.07, 6.45) is 5.28. The zero-order valence-electron chi connectivity index (χ0n) is 18.6. The number of carboxylic acid groups (broad SMARTS) is 1. The molecule has 5 rings (SSSR count). The summed E-state index contributed by atoms with van der Waals surface area (Å²) in [5.74, 6) is -0.644. The summed E-state index contributed by atoms with van der Waals surface area (Å²) in [5.41, 5.74) is 2.75. The van der Waals surface area contributed by atoms with Crippen LogP contribution in [-0.4, -0.2) is 31.1 Å². The Kier molecular flexibility index (Phi) is 6.16. The van der Waals surface area contributed by atoms with Crippen molar-refractivity contribution in [1.82, 2.24) is 15.0 Å². The molecule has 0 atom stereocenters. The maximum absolute atomic E-state index is 11.3. The van der Waals surface area contributed by atoms with Crippen molar-refractivity contribution in [3.8, 4) is 21.0 Å². The largest absolute Gasteiger partial charge is 0.481 e. The fourth-order valence-electron chi connectivity index (χ4n) is 4.29. The summed E-state index contributed by atoms with van der Waals surface area (Å²) in [4.78, 5) is 26.8. The predicted octanol–water partition coefficient (Wildman–Crippen LogP) is 5.84. The predicted molar refractivity (Wildman–Crippen MR) is 134 cm³/mol. The van der Waals surface area contributed by atoms with Gasteiger partial charge in [-0.2, -0.15) is 0 Å². The van der Waals surface area contributed by atoms with Crippen molar-refractivity contribution in [3.05, 3.63) is 64.7 Å². The number of aryl methyl sites for hydroxylation is 1. The first kappa shape index (κ1) is 22.6. The zero-order chi connectivity index (χ0) is 23.7. The van der Waals surface area contributed by atoms with Gasteiger partial charge in [0.25, 0.3) is 0 Å². The lowest BCUT2D eigenvalue weighted by Gasteiger charge is -2.32. The molecule has 7 nitrogen and oxygen atoms in total. The standard InChI is InChI=1S/C25H24N4O3S2/c1-15-11-17(21-14-27-23(34-21)25(32)7-4-16(5-8-25)22(30)31)13-18(12-15)28-24-26-9-6-19(29-24)20-3-2-10-33-20/h2-3,6,9-14,16,32H,4-5,7-8H2,1H3,(H,30,31)(H,26,28,29)/t16-,25-. The summed E-state index contributed by atoms with van der Waals surface area (Å²) < 4.78 is 0. The Morgan fingerprint density at radius 1 is 1.15 bits per heavy atom. The van der Waals surface area contributed by atoms with E-state index in [-0.39, 0.29) is 5.92 Å². The van der Waals surface area contributed by atoms with E-state index in [1.54, 1.807) is 23.7 Å². The van der Waals surface area contributed by atoms with Crippen molar-refractivity contribution < 1.29 is 15.0 Å². The lowest BCUT2D eigenvalue weighted by atomic mass is 9.79. The quantitative estimate of drug-likeness (QED) is 0.310. The monoisotopic (exact) mass is 492 g/mol. The minimum Gasteiger partial charge on any atom is -0.481 e. The molecule has 3 aromatic heterocycles. The number of nitrogens with zero attached hydrogens (tertiary/aromatic N) is 3. The topological polar surface area (TPSA) is 108 Å². The molecular formula is C25H24N4O3S2. The van der Waals surface area contributed by atoms with Crippen LogP contribution in [0.2, 0.25) is 0 Å². The number of aliphatic hydroxyl groups is 1. The van der Waals surface area contributed by atoms with Gasteiger partial charge in [0.1, 0.15) is 10.6 Å². The van der Waals surface area contributed by atoms with Crippen LogP contribution in [-0.2, 0) is 10.4 Å². The number of carbonyl (C=O) groups is 1. The van der Waals surface area contributed by atoms with Crippen molar-refractivity contribution in [2.45, 2.75) is 38.2 Å². The normalized spacial score (nSPS) is 20.2. The Balaban J connectivity index is 1.36. The van der Waals surface area contributed by atoms with E-state index in [0.717, 1.165) is 32.3 Å². The van der Waals surface area contributed by atoms with Gasteiger partial charge in [-0.25, -0.2) is 15.0 Å². The first-order valence-electron chi connectivity index (χ1n) is 11.1. The third kappa shape index (κ3) is 4.72. The molecule has 3 heterocycles. The van der Waals surface area contributed by atoms with Crippen molar-refractivity contribution in [3.63, 3.8) is 0 Å². The molecule has 3 N–H and O–H groups in total. The summed E-state index contributed by atoms with van der Waals surface area (Å²) in [5, 5.41) is 26.4. The number of nitrogens with one attached hydrogen (secondary N) is 1. The van der Waals surface area contributed by atoms with E-state index in [4.69, 9.17) is 0 Å². The molecule has 174 valence electrons. The maximum atomic E-state index is 11.3. The van der Waals surface area contributed by atoms with Gasteiger partial charge >= 0.3 is 5.97 Å². The number of benzene rings is 1. The van der Waals surface area contributed by atoms with Gasteiger partial charge in [0.2, 0.25) is 5.95 Å². The van der Waals surface area contributed by atoms with E-state index in [0.29, 0.717) is 36.6 Å². The Morgan fingerprint density at radius 3 is 2.71 bits per heavy atom. The summed E-state index contributed by atoms with van der Waals surface area (Å²) in [7, 11) is 0. The number of aliphatic carboxylic acids is 1. The molecule has 0 saturated heterocycles. The lowest BCUT2D eigenvalue weighted by Crippen LogP contribution is -2.33. The molecule has 0 bridgehead atoms. The highest BCUT2D eigenvalue weighted by molar-refractivity contribution is 7.15. The van der Waals surface area contributed by atoms with E-state index >= 15 is 0 Å². The van der Waals surface area contributed by atoms with Gasteiger partial charge in [0, 0.05) is 18.1 Å². The molecular weight excluding hydrogens is 468 g/mol. The second-order valence-electron chi connectivity index (χ2n) is 8.63. The van der Waals surface area contributed by atoms with Gasteiger partial charge < -0.3 is 15.5 Å². The molecule has 4 aromatic rings. The van der Waals surface area contributed by atoms with E-state index in [9.17, 15) is 15.0 Å². The first-order valence-corrected chi connectivity index (χ1v) is 12.8. The maximum Gasteiger partial charge on any atom is 0.306 e. The van der Waals surface area contributed by atoms with Crippen LogP contribution in [0.3, 0.4) is 0 Å². The van der Waals surface area contributed by atoms with Gasteiger partial charge in [0.15, 0.2) is 0 Å². The van der Waals surface area contributed by atoms with Crippen LogP contribution in [0.25, 0.3) is 21.0 Å². The minimum absolute atomic E-state index is 0.384. The van der Waals surface area contributed by atoms with Crippen molar-refractivity contribution in [1.29, 1.82) is 0 Å². The molecule has 1 aromatic carbocycles. The Labute approximate surface area is 205 Å². The van der Waals surface area contributed by atoms with Crippen molar-refractivity contribution in [2.75, 3.05) is 5.32 Å². The van der Waals surface area contributed by atoms with Crippen LogP contribution in [0.1, 0.15) is 36.3 Å². The van der Waals surface area contributed by atoms with E-state index in [1.165, 1.54) is 11.3 Å². The minimum atomic E-state index is -1.06. The molecule has 1 saturated carbocycles. The fraction of sp³-hybridized carbons (Fsp3) is 0.280.